The van der Waals surface area contributed by atoms with E-state index in [4.69, 9.17) is 11.0 Å². The van der Waals surface area contributed by atoms with Gasteiger partial charge in [-0.05, 0) is 18.4 Å². The molecular formula is C14H18N2O. The van der Waals surface area contributed by atoms with Gasteiger partial charge in [0.2, 0.25) is 5.91 Å². The molecular weight excluding hydrogens is 212 g/mol. The average Bonchev–Trinajstić information content (AvgIpc) is 2.34. The Morgan fingerprint density at radius 1 is 1.24 bits per heavy atom. The maximum absolute atomic E-state index is 11.4. The van der Waals surface area contributed by atoms with Gasteiger partial charge in [0.05, 0.1) is 12.0 Å². The number of rotatable bonds is 7. The molecule has 0 saturated heterocycles. The van der Waals surface area contributed by atoms with E-state index < -0.39 is 0 Å². The van der Waals surface area contributed by atoms with Crippen LogP contribution in [0, 0.1) is 11.3 Å². The van der Waals surface area contributed by atoms with E-state index in [2.05, 4.69) is 6.07 Å². The zero-order chi connectivity index (χ0) is 12.5. The summed E-state index contributed by atoms with van der Waals surface area (Å²) in [6, 6.07) is 11.7. The lowest BCUT2D eigenvalue weighted by atomic mass is 9.92. The van der Waals surface area contributed by atoms with E-state index >= 15 is 0 Å². The molecule has 0 aliphatic rings. The van der Waals surface area contributed by atoms with Crippen molar-refractivity contribution in [2.24, 2.45) is 5.73 Å². The highest BCUT2D eigenvalue weighted by molar-refractivity contribution is 5.81. The van der Waals surface area contributed by atoms with Crippen molar-refractivity contribution in [2.45, 2.75) is 38.0 Å². The van der Waals surface area contributed by atoms with E-state index in [1.54, 1.807) is 0 Å². The second-order valence-corrected chi connectivity index (χ2v) is 4.12. The van der Waals surface area contributed by atoms with Crippen molar-refractivity contribution in [2.75, 3.05) is 0 Å². The highest BCUT2D eigenvalue weighted by atomic mass is 16.1. The quantitative estimate of drug-likeness (QED) is 0.732. The highest BCUT2D eigenvalue weighted by Gasteiger charge is 2.16. The number of nitrogens with two attached hydrogens (primary N) is 1. The Hall–Kier alpha value is -1.82. The lowest BCUT2D eigenvalue weighted by molar-refractivity contribution is -0.119. The molecule has 0 spiro atoms. The summed E-state index contributed by atoms with van der Waals surface area (Å²) in [7, 11) is 0. The predicted molar refractivity (Wildman–Crippen MR) is 67.1 cm³/mol. The number of unbranched alkanes of at least 4 members (excludes halogenated alkanes) is 3. The number of hydrogen-bond donors (Lipinski definition) is 1. The Balaban J connectivity index is 2.46. The number of benzene rings is 1. The predicted octanol–water partition coefficient (Wildman–Crippen LogP) is 2.73. The molecule has 1 atom stereocenters. The second kappa shape index (κ2) is 7.45. The molecule has 1 aromatic rings. The molecule has 1 aromatic carbocycles. The summed E-state index contributed by atoms with van der Waals surface area (Å²) < 4.78 is 0. The smallest absolute Gasteiger partial charge is 0.224 e. The van der Waals surface area contributed by atoms with Crippen LogP contribution in [0.25, 0.3) is 0 Å². The van der Waals surface area contributed by atoms with Crippen LogP contribution in [0.15, 0.2) is 30.3 Å². The van der Waals surface area contributed by atoms with E-state index in [0.29, 0.717) is 6.42 Å². The Kier molecular flexibility index (Phi) is 5.81. The van der Waals surface area contributed by atoms with Crippen LogP contribution in [0.5, 0.6) is 0 Å². The van der Waals surface area contributed by atoms with Gasteiger partial charge in [0.1, 0.15) is 0 Å². The van der Waals surface area contributed by atoms with Crippen molar-refractivity contribution in [1.29, 1.82) is 5.26 Å². The Morgan fingerprint density at radius 2 is 1.94 bits per heavy atom. The van der Waals surface area contributed by atoms with Gasteiger partial charge in [0.25, 0.3) is 0 Å². The topological polar surface area (TPSA) is 66.9 Å². The first kappa shape index (κ1) is 13.2. The lowest BCUT2D eigenvalue weighted by Gasteiger charge is -2.13. The Labute approximate surface area is 102 Å². The van der Waals surface area contributed by atoms with E-state index in [1.807, 2.05) is 30.3 Å². The van der Waals surface area contributed by atoms with E-state index in [0.717, 1.165) is 31.2 Å². The van der Waals surface area contributed by atoms with Crippen LogP contribution < -0.4 is 5.73 Å². The summed E-state index contributed by atoms with van der Waals surface area (Å²) in [5, 5.41) is 8.42. The third kappa shape index (κ3) is 4.69. The molecule has 90 valence electrons. The van der Waals surface area contributed by atoms with Gasteiger partial charge in [-0.1, -0.05) is 43.2 Å². The number of nitriles is 1. The van der Waals surface area contributed by atoms with Crippen LogP contribution >= 0.6 is 0 Å². The van der Waals surface area contributed by atoms with Gasteiger partial charge in [-0.3, -0.25) is 4.79 Å². The molecule has 0 aliphatic carbocycles. The zero-order valence-corrected chi connectivity index (χ0v) is 9.93. The molecule has 1 unspecified atom stereocenters. The average molecular weight is 230 g/mol. The van der Waals surface area contributed by atoms with Gasteiger partial charge in [-0.15, -0.1) is 0 Å². The number of amides is 1. The standard InChI is InChI=1S/C14H18N2O/c15-11-7-2-1-6-10-13(14(16)17)12-8-4-3-5-9-12/h3-5,8-9,13H,1-2,6-7,10H2,(H2,16,17). The summed E-state index contributed by atoms with van der Waals surface area (Å²) >= 11 is 0. The van der Waals surface area contributed by atoms with Crippen molar-refractivity contribution in [1.82, 2.24) is 0 Å². The molecule has 0 radical (unpaired) electrons. The van der Waals surface area contributed by atoms with Gasteiger partial charge in [-0.25, -0.2) is 0 Å². The number of nitrogens with zero attached hydrogens (tertiary/aromatic N) is 1. The third-order valence-corrected chi connectivity index (χ3v) is 2.83. The van der Waals surface area contributed by atoms with E-state index in [1.165, 1.54) is 0 Å². The molecule has 3 nitrogen and oxygen atoms in total. The van der Waals surface area contributed by atoms with Crippen LogP contribution in [-0.4, -0.2) is 5.91 Å². The molecule has 0 saturated carbocycles. The van der Waals surface area contributed by atoms with E-state index in [9.17, 15) is 4.79 Å². The summed E-state index contributed by atoms with van der Waals surface area (Å²) in [5.41, 5.74) is 6.40. The molecule has 1 rings (SSSR count). The Bertz CT molecular complexity index is 381. The zero-order valence-electron chi connectivity index (χ0n) is 9.93. The van der Waals surface area contributed by atoms with Crippen LogP contribution in [-0.2, 0) is 4.79 Å². The summed E-state index contributed by atoms with van der Waals surface area (Å²) in [4.78, 5) is 11.4. The minimum atomic E-state index is -0.267. The first-order valence-corrected chi connectivity index (χ1v) is 5.97. The van der Waals surface area contributed by atoms with Gasteiger partial charge in [0.15, 0.2) is 0 Å². The van der Waals surface area contributed by atoms with Gasteiger partial charge >= 0.3 is 0 Å². The molecule has 1 amide bonds. The van der Waals surface area contributed by atoms with Crippen LogP contribution in [0.3, 0.4) is 0 Å². The normalized spacial score (nSPS) is 11.7. The van der Waals surface area contributed by atoms with Crippen molar-refractivity contribution in [3.05, 3.63) is 35.9 Å². The van der Waals surface area contributed by atoms with Crippen LogP contribution in [0.1, 0.15) is 43.6 Å². The van der Waals surface area contributed by atoms with Crippen LogP contribution in [0.4, 0.5) is 0 Å². The molecule has 17 heavy (non-hydrogen) atoms. The summed E-state index contributed by atoms with van der Waals surface area (Å²) in [6.07, 6.45) is 4.17. The third-order valence-electron chi connectivity index (χ3n) is 2.83. The summed E-state index contributed by atoms with van der Waals surface area (Å²) in [5.74, 6) is -0.463. The first-order chi connectivity index (χ1) is 8.25. The largest absolute Gasteiger partial charge is 0.369 e. The molecule has 0 heterocycles. The highest BCUT2D eigenvalue weighted by Crippen LogP contribution is 2.22. The second-order valence-electron chi connectivity index (χ2n) is 4.12. The molecule has 0 aromatic heterocycles. The summed E-state index contributed by atoms with van der Waals surface area (Å²) in [6.45, 7) is 0. The molecule has 0 bridgehead atoms. The minimum Gasteiger partial charge on any atom is -0.369 e. The van der Waals surface area contributed by atoms with Crippen LogP contribution in [0.2, 0.25) is 0 Å². The van der Waals surface area contributed by atoms with Gasteiger partial charge < -0.3 is 5.73 Å². The number of carbonyl (C=O) groups excluding carboxylic acids is 1. The molecule has 2 N–H and O–H groups in total. The van der Waals surface area contributed by atoms with Crippen molar-refractivity contribution < 1.29 is 4.79 Å². The maximum Gasteiger partial charge on any atom is 0.224 e. The van der Waals surface area contributed by atoms with Crippen molar-refractivity contribution in [3.8, 4) is 6.07 Å². The monoisotopic (exact) mass is 230 g/mol. The number of carbonyl (C=O) groups is 1. The van der Waals surface area contributed by atoms with Gasteiger partial charge in [-0.2, -0.15) is 5.26 Å². The Morgan fingerprint density at radius 3 is 2.53 bits per heavy atom. The van der Waals surface area contributed by atoms with Gasteiger partial charge in [0, 0.05) is 6.42 Å². The lowest BCUT2D eigenvalue weighted by Crippen LogP contribution is -2.21. The molecule has 3 heteroatoms. The first-order valence-electron chi connectivity index (χ1n) is 5.97. The fraction of sp³-hybridized carbons (Fsp3) is 0.429. The fourth-order valence-electron chi connectivity index (χ4n) is 1.89. The number of hydrogen-bond acceptors (Lipinski definition) is 2. The van der Waals surface area contributed by atoms with Crippen molar-refractivity contribution in [3.63, 3.8) is 0 Å². The SMILES string of the molecule is N#CCCCCCC(C(N)=O)c1ccccc1. The minimum absolute atomic E-state index is 0.196. The molecule has 0 fully saturated rings. The maximum atomic E-state index is 11.4. The molecule has 0 aliphatic heterocycles. The number of primary amides is 1. The van der Waals surface area contributed by atoms with Crippen molar-refractivity contribution >= 4 is 5.91 Å². The van der Waals surface area contributed by atoms with E-state index in [-0.39, 0.29) is 11.8 Å². The fourth-order valence-corrected chi connectivity index (χ4v) is 1.89.